The van der Waals surface area contributed by atoms with Crippen molar-refractivity contribution in [2.45, 2.75) is 39.0 Å². The van der Waals surface area contributed by atoms with Crippen molar-refractivity contribution in [3.8, 4) is 0 Å². The fourth-order valence-electron chi connectivity index (χ4n) is 2.51. The summed E-state index contributed by atoms with van der Waals surface area (Å²) in [6, 6.07) is 1.39. The molecule has 144 valence electrons. The SMILES string of the molecule is CCN(CC)S(=O)(=O)c1cc(C(=O)Nc2nnc(CC(C)C)s2)n(C)c1. The first-order chi connectivity index (χ1) is 12.2. The zero-order valence-corrected chi connectivity index (χ0v) is 17.3. The van der Waals surface area contributed by atoms with Crippen LogP contribution in [0.25, 0.3) is 0 Å². The minimum Gasteiger partial charge on any atom is -0.345 e. The topological polar surface area (TPSA) is 97.2 Å². The van der Waals surface area contributed by atoms with Crippen LogP contribution in [0.4, 0.5) is 5.13 Å². The second kappa shape index (κ2) is 8.28. The van der Waals surface area contributed by atoms with Crippen LogP contribution >= 0.6 is 11.3 Å². The van der Waals surface area contributed by atoms with E-state index >= 15 is 0 Å². The van der Waals surface area contributed by atoms with Crippen LogP contribution in [0.3, 0.4) is 0 Å². The standard InChI is InChI=1S/C16H25N5O3S2/c1-6-21(7-2)26(23,24)12-9-13(20(5)10-12)15(22)17-16-19-18-14(25-16)8-11(3)4/h9-11H,6-8H2,1-5H3,(H,17,19,22). The summed E-state index contributed by atoms with van der Waals surface area (Å²) in [6.07, 6.45) is 2.25. The van der Waals surface area contributed by atoms with Crippen molar-refractivity contribution in [1.29, 1.82) is 0 Å². The molecule has 2 aromatic heterocycles. The lowest BCUT2D eigenvalue weighted by atomic mass is 10.1. The van der Waals surface area contributed by atoms with Crippen LogP contribution in [0, 0.1) is 5.92 Å². The Morgan fingerprint density at radius 3 is 2.54 bits per heavy atom. The maximum Gasteiger partial charge on any atom is 0.274 e. The summed E-state index contributed by atoms with van der Waals surface area (Å²) >= 11 is 1.32. The van der Waals surface area contributed by atoms with E-state index in [1.165, 1.54) is 32.5 Å². The molecule has 0 fully saturated rings. The predicted molar refractivity (Wildman–Crippen MR) is 102 cm³/mol. The summed E-state index contributed by atoms with van der Waals surface area (Å²) in [7, 11) is -1.97. The fraction of sp³-hybridized carbons (Fsp3) is 0.562. The number of rotatable bonds is 8. The molecule has 0 aliphatic rings. The van der Waals surface area contributed by atoms with Crippen molar-refractivity contribution < 1.29 is 13.2 Å². The van der Waals surface area contributed by atoms with E-state index in [-0.39, 0.29) is 10.6 Å². The maximum absolute atomic E-state index is 12.6. The highest BCUT2D eigenvalue weighted by Crippen LogP contribution is 2.21. The number of anilines is 1. The number of sulfonamides is 1. The van der Waals surface area contributed by atoms with Crippen molar-refractivity contribution in [3.63, 3.8) is 0 Å². The maximum atomic E-state index is 12.6. The summed E-state index contributed by atoms with van der Waals surface area (Å²) in [6.45, 7) is 8.48. The van der Waals surface area contributed by atoms with Gasteiger partial charge in [0.25, 0.3) is 5.91 Å². The first kappa shape index (κ1) is 20.5. The number of nitrogens with one attached hydrogen (secondary N) is 1. The number of nitrogens with zero attached hydrogens (tertiary/aromatic N) is 4. The largest absolute Gasteiger partial charge is 0.345 e. The van der Waals surface area contributed by atoms with Gasteiger partial charge in [0, 0.05) is 32.8 Å². The van der Waals surface area contributed by atoms with Gasteiger partial charge in [-0.15, -0.1) is 10.2 Å². The highest BCUT2D eigenvalue weighted by molar-refractivity contribution is 7.89. The number of aryl methyl sites for hydroxylation is 1. The average molecular weight is 400 g/mol. The Morgan fingerprint density at radius 2 is 1.96 bits per heavy atom. The van der Waals surface area contributed by atoms with Gasteiger partial charge in [0.05, 0.1) is 0 Å². The Kier molecular flexibility index (Phi) is 6.53. The van der Waals surface area contributed by atoms with Crippen LogP contribution in [0.1, 0.15) is 43.2 Å². The zero-order chi connectivity index (χ0) is 19.5. The van der Waals surface area contributed by atoms with Gasteiger partial charge < -0.3 is 4.57 Å². The molecule has 0 spiro atoms. The van der Waals surface area contributed by atoms with E-state index in [0.29, 0.717) is 24.1 Å². The Morgan fingerprint density at radius 1 is 1.31 bits per heavy atom. The molecule has 0 aliphatic carbocycles. The van der Waals surface area contributed by atoms with Crippen LogP contribution in [0.2, 0.25) is 0 Å². The molecule has 1 N–H and O–H groups in total. The highest BCUT2D eigenvalue weighted by Gasteiger charge is 2.25. The molecule has 2 heterocycles. The van der Waals surface area contributed by atoms with Crippen molar-refractivity contribution in [1.82, 2.24) is 19.1 Å². The van der Waals surface area contributed by atoms with Crippen molar-refractivity contribution in [2.24, 2.45) is 13.0 Å². The van der Waals surface area contributed by atoms with Crippen molar-refractivity contribution in [3.05, 3.63) is 23.0 Å². The molecule has 0 unspecified atom stereocenters. The van der Waals surface area contributed by atoms with Crippen LogP contribution in [0.5, 0.6) is 0 Å². The Balaban J connectivity index is 2.20. The third-order valence-corrected chi connectivity index (χ3v) is 6.70. The molecule has 0 radical (unpaired) electrons. The summed E-state index contributed by atoms with van der Waals surface area (Å²) in [4.78, 5) is 12.6. The predicted octanol–water partition coefficient (Wildman–Crippen LogP) is 2.36. The zero-order valence-electron chi connectivity index (χ0n) is 15.7. The van der Waals surface area contributed by atoms with E-state index in [9.17, 15) is 13.2 Å². The van der Waals surface area contributed by atoms with Crippen LogP contribution in [-0.2, 0) is 23.5 Å². The summed E-state index contributed by atoms with van der Waals surface area (Å²) in [5, 5.41) is 12.0. The van der Waals surface area contributed by atoms with Crippen molar-refractivity contribution >= 4 is 32.4 Å². The van der Waals surface area contributed by atoms with Gasteiger partial charge in [-0.25, -0.2) is 8.42 Å². The average Bonchev–Trinajstić information content (AvgIpc) is 3.14. The lowest BCUT2D eigenvalue weighted by Crippen LogP contribution is -2.30. The summed E-state index contributed by atoms with van der Waals surface area (Å²) < 4.78 is 28.1. The number of amides is 1. The van der Waals surface area contributed by atoms with Gasteiger partial charge >= 0.3 is 0 Å². The van der Waals surface area contributed by atoms with Gasteiger partial charge in [-0.3, -0.25) is 10.1 Å². The monoisotopic (exact) mass is 399 g/mol. The highest BCUT2D eigenvalue weighted by atomic mass is 32.2. The minimum atomic E-state index is -3.61. The first-order valence-electron chi connectivity index (χ1n) is 8.49. The molecule has 2 rings (SSSR count). The third kappa shape index (κ3) is 4.49. The van der Waals surface area contributed by atoms with E-state index < -0.39 is 15.9 Å². The lowest BCUT2D eigenvalue weighted by Gasteiger charge is -2.17. The molecule has 8 nitrogen and oxygen atoms in total. The molecule has 0 saturated carbocycles. The second-order valence-electron chi connectivity index (χ2n) is 6.31. The van der Waals surface area contributed by atoms with Crippen molar-refractivity contribution in [2.75, 3.05) is 18.4 Å². The van der Waals surface area contributed by atoms with E-state index in [1.54, 1.807) is 20.9 Å². The first-order valence-corrected chi connectivity index (χ1v) is 10.7. The van der Waals surface area contributed by atoms with Crippen LogP contribution < -0.4 is 5.32 Å². The molecule has 1 amide bonds. The van der Waals surface area contributed by atoms with E-state index in [0.717, 1.165) is 11.4 Å². The Labute approximate surface area is 158 Å². The number of aromatic nitrogens is 3. The van der Waals surface area contributed by atoms with Crippen LogP contribution in [0.15, 0.2) is 17.2 Å². The minimum absolute atomic E-state index is 0.103. The molecular formula is C16H25N5O3S2. The van der Waals surface area contributed by atoms with E-state index in [4.69, 9.17) is 0 Å². The van der Waals surface area contributed by atoms with Gasteiger partial charge in [-0.05, 0) is 12.0 Å². The van der Waals surface area contributed by atoms with Gasteiger partial charge in [0.15, 0.2) is 0 Å². The second-order valence-corrected chi connectivity index (χ2v) is 9.31. The van der Waals surface area contributed by atoms with Gasteiger partial charge in [-0.1, -0.05) is 39.0 Å². The lowest BCUT2D eigenvalue weighted by molar-refractivity contribution is 0.101. The molecule has 0 aromatic carbocycles. The van der Waals surface area contributed by atoms with Crippen LogP contribution in [-0.4, -0.2) is 46.5 Å². The molecule has 10 heteroatoms. The number of carbonyl (C=O) groups excluding carboxylic acids is 1. The molecular weight excluding hydrogens is 374 g/mol. The quantitative estimate of drug-likeness (QED) is 0.735. The fourth-order valence-corrected chi connectivity index (χ4v) is 4.99. The van der Waals surface area contributed by atoms with Gasteiger partial charge in [-0.2, -0.15) is 4.31 Å². The number of hydrogen-bond donors (Lipinski definition) is 1. The number of hydrogen-bond acceptors (Lipinski definition) is 6. The molecule has 0 aliphatic heterocycles. The number of carbonyl (C=O) groups is 1. The molecule has 2 aromatic rings. The third-order valence-electron chi connectivity index (χ3n) is 3.83. The normalized spacial score (nSPS) is 12.1. The summed E-state index contributed by atoms with van der Waals surface area (Å²) in [5.74, 6) is 0.0351. The van der Waals surface area contributed by atoms with E-state index in [2.05, 4.69) is 29.4 Å². The van der Waals surface area contributed by atoms with Gasteiger partial charge in [0.1, 0.15) is 15.6 Å². The smallest absolute Gasteiger partial charge is 0.274 e. The van der Waals surface area contributed by atoms with E-state index in [1.807, 2.05) is 0 Å². The van der Waals surface area contributed by atoms with Gasteiger partial charge in [0.2, 0.25) is 15.2 Å². The Bertz CT molecular complexity index is 866. The summed E-state index contributed by atoms with van der Waals surface area (Å²) in [5.41, 5.74) is 0.247. The molecule has 0 saturated heterocycles. The molecule has 26 heavy (non-hydrogen) atoms. The molecule has 0 atom stereocenters. The Hall–Kier alpha value is -1.78. The molecule has 0 bridgehead atoms.